The molecule has 1 saturated carbocycles. The van der Waals surface area contributed by atoms with Gasteiger partial charge in [0.2, 0.25) is 11.8 Å². The van der Waals surface area contributed by atoms with Crippen LogP contribution in [0, 0.1) is 11.7 Å². The lowest BCUT2D eigenvalue weighted by Crippen LogP contribution is -2.27. The van der Waals surface area contributed by atoms with E-state index in [0.29, 0.717) is 17.1 Å². The Labute approximate surface area is 135 Å². The third kappa shape index (κ3) is 2.09. The van der Waals surface area contributed by atoms with Gasteiger partial charge in [-0.2, -0.15) is 0 Å². The number of carbonyl (C=O) groups excluding carboxylic acids is 2. The van der Waals surface area contributed by atoms with E-state index >= 15 is 0 Å². The second-order valence-corrected chi connectivity index (χ2v) is 6.16. The Morgan fingerprint density at radius 2 is 2.22 bits per heavy atom. The van der Waals surface area contributed by atoms with Crippen LogP contribution in [-0.2, 0) is 15.0 Å². The monoisotopic (exact) mass is 331 g/mol. The number of hydrogen-bond acceptors (Lipinski definition) is 3. The summed E-state index contributed by atoms with van der Waals surface area (Å²) in [5.74, 6) is -1.45. The van der Waals surface area contributed by atoms with Crippen LogP contribution < -0.4 is 10.6 Å². The molecule has 0 bridgehead atoms. The Hall–Kier alpha value is -2.47. The highest BCUT2D eigenvalue weighted by Crippen LogP contribution is 2.60. The standard InChI is InChI=1S/C16H11ClFN3O2/c17-8-1-2-12-10(5-8)16(15(23)20-12)7-11(16)14(22)21-13-6-9(18)3-4-19-13/h1-6,11H,7H2,(H,20,23)(H,19,21,22)/t11-,16+/m0/s1. The molecule has 1 aliphatic heterocycles. The van der Waals surface area contributed by atoms with Gasteiger partial charge in [-0.3, -0.25) is 9.59 Å². The topological polar surface area (TPSA) is 71.1 Å². The van der Waals surface area contributed by atoms with Crippen molar-refractivity contribution in [1.82, 2.24) is 4.98 Å². The number of halogens is 2. The van der Waals surface area contributed by atoms with E-state index in [4.69, 9.17) is 11.6 Å². The molecule has 0 saturated heterocycles. The van der Waals surface area contributed by atoms with E-state index in [0.717, 1.165) is 11.6 Å². The molecule has 5 nitrogen and oxygen atoms in total. The Bertz CT molecular complexity index is 857. The van der Waals surface area contributed by atoms with Gasteiger partial charge < -0.3 is 10.6 Å². The van der Waals surface area contributed by atoms with E-state index in [1.54, 1.807) is 18.2 Å². The summed E-state index contributed by atoms with van der Waals surface area (Å²) in [5, 5.41) is 5.85. The van der Waals surface area contributed by atoms with Crippen molar-refractivity contribution in [3.8, 4) is 0 Å². The highest BCUT2D eigenvalue weighted by atomic mass is 35.5. The molecule has 7 heteroatoms. The Morgan fingerprint density at radius 3 is 3.00 bits per heavy atom. The molecule has 116 valence electrons. The SMILES string of the molecule is O=C(Nc1cc(F)ccn1)[C@@H]1C[C@]12C(=O)Nc1ccc(Cl)cc12. The van der Waals surface area contributed by atoms with Crippen molar-refractivity contribution in [1.29, 1.82) is 0 Å². The van der Waals surface area contributed by atoms with Gasteiger partial charge in [-0.25, -0.2) is 9.37 Å². The number of benzene rings is 1. The number of rotatable bonds is 2. The number of carbonyl (C=O) groups is 2. The normalized spacial score (nSPS) is 24.3. The zero-order chi connectivity index (χ0) is 16.2. The largest absolute Gasteiger partial charge is 0.325 e. The number of amides is 2. The summed E-state index contributed by atoms with van der Waals surface area (Å²) in [6.45, 7) is 0. The minimum Gasteiger partial charge on any atom is -0.325 e. The predicted octanol–water partition coefficient (Wildman–Crippen LogP) is 2.72. The molecule has 2 aromatic rings. The number of pyridine rings is 1. The van der Waals surface area contributed by atoms with Gasteiger partial charge in [0, 0.05) is 23.0 Å². The number of nitrogens with one attached hydrogen (secondary N) is 2. The molecule has 1 aromatic heterocycles. The molecule has 2 atom stereocenters. The average molecular weight is 332 g/mol. The zero-order valence-corrected chi connectivity index (χ0v) is 12.5. The number of fused-ring (bicyclic) bond motifs is 2. The highest BCUT2D eigenvalue weighted by Gasteiger charge is 2.67. The first kappa shape index (κ1) is 14.1. The van der Waals surface area contributed by atoms with Gasteiger partial charge in [0.05, 0.1) is 11.3 Å². The second kappa shape index (κ2) is 4.76. The Morgan fingerprint density at radius 1 is 1.39 bits per heavy atom. The van der Waals surface area contributed by atoms with Gasteiger partial charge in [0.25, 0.3) is 0 Å². The average Bonchev–Trinajstić information content (AvgIpc) is 3.20. The zero-order valence-electron chi connectivity index (χ0n) is 11.8. The molecule has 2 aliphatic rings. The minimum absolute atomic E-state index is 0.127. The number of nitrogens with zero attached hydrogens (tertiary/aromatic N) is 1. The maximum Gasteiger partial charge on any atom is 0.235 e. The van der Waals surface area contributed by atoms with Crippen LogP contribution in [0.4, 0.5) is 15.9 Å². The molecular formula is C16H11ClFN3O2. The Balaban J connectivity index is 1.61. The van der Waals surface area contributed by atoms with Crippen molar-refractivity contribution in [2.45, 2.75) is 11.8 Å². The first-order chi connectivity index (χ1) is 11.0. The first-order valence-corrected chi connectivity index (χ1v) is 7.42. The molecule has 1 spiro atoms. The van der Waals surface area contributed by atoms with Crippen LogP contribution in [0.5, 0.6) is 0 Å². The van der Waals surface area contributed by atoms with Crippen LogP contribution in [0.25, 0.3) is 0 Å². The fourth-order valence-corrected chi connectivity index (χ4v) is 3.34. The van der Waals surface area contributed by atoms with E-state index in [1.165, 1.54) is 12.3 Å². The Kier molecular flexibility index (Phi) is 2.93. The van der Waals surface area contributed by atoms with Gasteiger partial charge >= 0.3 is 0 Å². The molecule has 1 aromatic carbocycles. The third-order valence-electron chi connectivity index (χ3n) is 4.37. The maximum atomic E-state index is 13.2. The second-order valence-electron chi connectivity index (χ2n) is 5.72. The molecule has 4 rings (SSSR count). The van der Waals surface area contributed by atoms with Gasteiger partial charge in [-0.1, -0.05) is 11.6 Å². The summed E-state index contributed by atoms with van der Waals surface area (Å²) in [6, 6.07) is 7.45. The van der Waals surface area contributed by atoms with Crippen LogP contribution in [0.2, 0.25) is 5.02 Å². The molecular weight excluding hydrogens is 321 g/mol. The van der Waals surface area contributed by atoms with Gasteiger partial charge in [-0.05, 0) is 36.2 Å². The van der Waals surface area contributed by atoms with E-state index in [1.807, 2.05) is 0 Å². The summed E-state index contributed by atoms with van der Waals surface area (Å²) in [5.41, 5.74) is 0.540. The fraction of sp³-hybridized carbons (Fsp3) is 0.188. The van der Waals surface area contributed by atoms with Gasteiger partial charge in [0.15, 0.2) is 0 Å². The quantitative estimate of drug-likeness (QED) is 0.889. The highest BCUT2D eigenvalue weighted by molar-refractivity contribution is 6.31. The van der Waals surface area contributed by atoms with Crippen LogP contribution in [0.15, 0.2) is 36.5 Å². The molecule has 1 aliphatic carbocycles. The lowest BCUT2D eigenvalue weighted by Gasteiger charge is -2.09. The summed E-state index contributed by atoms with van der Waals surface area (Å²) in [6.07, 6.45) is 1.66. The molecule has 1 fully saturated rings. The van der Waals surface area contributed by atoms with E-state index in [2.05, 4.69) is 15.6 Å². The van der Waals surface area contributed by atoms with Crippen LogP contribution >= 0.6 is 11.6 Å². The summed E-state index contributed by atoms with van der Waals surface area (Å²) in [4.78, 5) is 28.6. The lowest BCUT2D eigenvalue weighted by molar-refractivity contribution is -0.122. The fourth-order valence-electron chi connectivity index (χ4n) is 3.17. The third-order valence-corrected chi connectivity index (χ3v) is 4.60. The van der Waals surface area contributed by atoms with Crippen LogP contribution in [0.1, 0.15) is 12.0 Å². The molecule has 2 amide bonds. The van der Waals surface area contributed by atoms with Crippen LogP contribution in [-0.4, -0.2) is 16.8 Å². The van der Waals surface area contributed by atoms with E-state index in [-0.39, 0.29) is 17.6 Å². The molecule has 0 radical (unpaired) electrons. The van der Waals surface area contributed by atoms with Crippen LogP contribution in [0.3, 0.4) is 0 Å². The summed E-state index contributed by atoms with van der Waals surface area (Å²) < 4.78 is 13.2. The number of hydrogen-bond donors (Lipinski definition) is 2. The van der Waals surface area contributed by atoms with Gasteiger partial charge in [-0.15, -0.1) is 0 Å². The number of aromatic nitrogens is 1. The first-order valence-electron chi connectivity index (χ1n) is 7.04. The molecule has 2 N–H and O–H groups in total. The minimum atomic E-state index is -0.877. The van der Waals surface area contributed by atoms with Crippen molar-refractivity contribution in [2.75, 3.05) is 10.6 Å². The predicted molar refractivity (Wildman–Crippen MR) is 82.7 cm³/mol. The molecule has 0 unspecified atom stereocenters. The van der Waals surface area contributed by atoms with E-state index in [9.17, 15) is 14.0 Å². The van der Waals surface area contributed by atoms with Gasteiger partial charge in [0.1, 0.15) is 11.6 Å². The number of anilines is 2. The lowest BCUT2D eigenvalue weighted by atomic mass is 9.94. The molecule has 23 heavy (non-hydrogen) atoms. The van der Waals surface area contributed by atoms with Crippen molar-refractivity contribution in [3.05, 3.63) is 52.9 Å². The smallest absolute Gasteiger partial charge is 0.235 e. The summed E-state index contributed by atoms with van der Waals surface area (Å²) >= 11 is 6.01. The van der Waals surface area contributed by atoms with Crippen molar-refractivity contribution >= 4 is 34.9 Å². The van der Waals surface area contributed by atoms with Crippen molar-refractivity contribution < 1.29 is 14.0 Å². The maximum absolute atomic E-state index is 13.2. The molecule has 2 heterocycles. The summed E-state index contributed by atoms with van der Waals surface area (Å²) in [7, 11) is 0. The van der Waals surface area contributed by atoms with E-state index < -0.39 is 17.2 Å². The van der Waals surface area contributed by atoms with Crippen molar-refractivity contribution in [3.63, 3.8) is 0 Å². The van der Waals surface area contributed by atoms with Crippen molar-refractivity contribution in [2.24, 2.45) is 5.92 Å².